The van der Waals surface area contributed by atoms with Crippen LogP contribution in [0.5, 0.6) is 5.75 Å². The van der Waals surface area contributed by atoms with Gasteiger partial charge in [-0.05, 0) is 24.1 Å². The normalized spacial score (nSPS) is 11.4. The van der Waals surface area contributed by atoms with Crippen LogP contribution in [0.2, 0.25) is 0 Å². The molecule has 0 atom stereocenters. The van der Waals surface area contributed by atoms with Crippen LogP contribution >= 0.6 is 12.2 Å². The first-order chi connectivity index (χ1) is 9.33. The lowest BCUT2D eigenvalue weighted by molar-refractivity contribution is -0.138. The second-order valence-corrected chi connectivity index (χ2v) is 4.61. The molecule has 0 radical (unpaired) electrons. The summed E-state index contributed by atoms with van der Waals surface area (Å²) in [5, 5.41) is 0. The summed E-state index contributed by atoms with van der Waals surface area (Å²) in [5.74, 6) is 0.522. The SMILES string of the molecule is COc1cc(COCCCC(F)(F)F)ccc1C(N)=S. The van der Waals surface area contributed by atoms with Gasteiger partial charge in [-0.2, -0.15) is 13.2 Å². The highest BCUT2D eigenvalue weighted by molar-refractivity contribution is 7.80. The van der Waals surface area contributed by atoms with Gasteiger partial charge in [0.15, 0.2) is 0 Å². The standard InChI is InChI=1S/C13H16F3NO2S/c1-18-11-7-9(3-4-10(11)12(17)20)8-19-6-2-5-13(14,15)16/h3-4,7H,2,5-6,8H2,1H3,(H2,17,20). The maximum absolute atomic E-state index is 11.9. The summed E-state index contributed by atoms with van der Waals surface area (Å²) >= 11 is 4.88. The Kier molecular flexibility index (Phi) is 6.22. The molecular weight excluding hydrogens is 291 g/mol. The van der Waals surface area contributed by atoms with E-state index in [4.69, 9.17) is 27.4 Å². The Morgan fingerprint density at radius 3 is 2.60 bits per heavy atom. The van der Waals surface area contributed by atoms with E-state index in [0.29, 0.717) is 11.3 Å². The molecule has 1 aromatic rings. The maximum atomic E-state index is 11.9. The fourth-order valence-electron chi connectivity index (χ4n) is 1.59. The van der Waals surface area contributed by atoms with E-state index < -0.39 is 12.6 Å². The van der Waals surface area contributed by atoms with Crippen LogP contribution in [0.15, 0.2) is 18.2 Å². The van der Waals surface area contributed by atoms with E-state index in [1.807, 2.05) is 0 Å². The molecule has 0 amide bonds. The predicted molar refractivity (Wildman–Crippen MR) is 73.8 cm³/mol. The Balaban J connectivity index is 2.47. The lowest BCUT2D eigenvalue weighted by Gasteiger charge is -2.10. The van der Waals surface area contributed by atoms with Crippen LogP contribution in [-0.2, 0) is 11.3 Å². The molecule has 20 heavy (non-hydrogen) atoms. The average molecular weight is 307 g/mol. The second kappa shape index (κ2) is 7.44. The number of benzene rings is 1. The minimum absolute atomic E-state index is 0.0500. The van der Waals surface area contributed by atoms with Crippen molar-refractivity contribution in [2.75, 3.05) is 13.7 Å². The number of halogens is 3. The topological polar surface area (TPSA) is 44.5 Å². The Bertz CT molecular complexity index is 463. The molecule has 0 aromatic heterocycles. The van der Waals surface area contributed by atoms with Gasteiger partial charge in [-0.1, -0.05) is 18.3 Å². The number of methoxy groups -OCH3 is 1. The van der Waals surface area contributed by atoms with Gasteiger partial charge in [0.2, 0.25) is 0 Å². The zero-order valence-electron chi connectivity index (χ0n) is 11.0. The number of rotatable bonds is 7. The van der Waals surface area contributed by atoms with Gasteiger partial charge in [0.25, 0.3) is 0 Å². The molecule has 112 valence electrons. The summed E-state index contributed by atoms with van der Waals surface area (Å²) in [6.45, 7) is 0.269. The summed E-state index contributed by atoms with van der Waals surface area (Å²) in [6.07, 6.45) is -5.02. The van der Waals surface area contributed by atoms with E-state index in [1.165, 1.54) is 7.11 Å². The number of hydrogen-bond donors (Lipinski definition) is 1. The van der Waals surface area contributed by atoms with E-state index in [9.17, 15) is 13.2 Å². The van der Waals surface area contributed by atoms with E-state index in [1.54, 1.807) is 18.2 Å². The molecule has 1 aromatic carbocycles. The lowest BCUT2D eigenvalue weighted by Crippen LogP contribution is -2.11. The van der Waals surface area contributed by atoms with Crippen molar-refractivity contribution in [2.45, 2.75) is 25.6 Å². The van der Waals surface area contributed by atoms with Crippen molar-refractivity contribution in [2.24, 2.45) is 5.73 Å². The summed E-state index contributed by atoms with van der Waals surface area (Å²) in [4.78, 5) is 0.222. The van der Waals surface area contributed by atoms with Gasteiger partial charge in [-0.25, -0.2) is 0 Å². The maximum Gasteiger partial charge on any atom is 0.389 e. The molecule has 0 aliphatic heterocycles. The third kappa shape index (κ3) is 5.75. The van der Waals surface area contributed by atoms with E-state index in [0.717, 1.165) is 5.56 Å². The molecule has 0 unspecified atom stereocenters. The first-order valence-corrected chi connectivity index (χ1v) is 6.35. The Hall–Kier alpha value is -1.34. The van der Waals surface area contributed by atoms with E-state index >= 15 is 0 Å². The number of alkyl halides is 3. The van der Waals surface area contributed by atoms with Crippen LogP contribution in [0.25, 0.3) is 0 Å². The molecule has 2 N–H and O–H groups in total. The minimum Gasteiger partial charge on any atom is -0.496 e. The van der Waals surface area contributed by atoms with Crippen molar-refractivity contribution in [3.05, 3.63) is 29.3 Å². The molecule has 0 fully saturated rings. The van der Waals surface area contributed by atoms with Crippen LogP contribution in [0.4, 0.5) is 13.2 Å². The van der Waals surface area contributed by atoms with Crippen LogP contribution in [0.1, 0.15) is 24.0 Å². The van der Waals surface area contributed by atoms with Crippen LogP contribution in [-0.4, -0.2) is 24.9 Å². The third-order valence-electron chi connectivity index (χ3n) is 2.55. The predicted octanol–water partition coefficient (Wildman–Crippen LogP) is 3.19. The molecule has 0 spiro atoms. The van der Waals surface area contributed by atoms with Crippen molar-refractivity contribution in [1.29, 1.82) is 0 Å². The molecular formula is C13H16F3NO2S. The molecule has 0 bridgehead atoms. The summed E-state index contributed by atoms with van der Waals surface area (Å²) in [6, 6.07) is 5.16. The van der Waals surface area contributed by atoms with Gasteiger partial charge in [0.05, 0.1) is 19.3 Å². The monoisotopic (exact) mass is 307 g/mol. The molecule has 1 rings (SSSR count). The molecule has 7 heteroatoms. The van der Waals surface area contributed by atoms with Crippen molar-refractivity contribution < 1.29 is 22.6 Å². The largest absolute Gasteiger partial charge is 0.496 e. The summed E-state index contributed by atoms with van der Waals surface area (Å²) < 4.78 is 46.1. The quantitative estimate of drug-likeness (QED) is 0.621. The van der Waals surface area contributed by atoms with Crippen LogP contribution in [0, 0.1) is 0 Å². The van der Waals surface area contributed by atoms with Crippen molar-refractivity contribution in [3.63, 3.8) is 0 Å². The number of hydrogen-bond acceptors (Lipinski definition) is 3. The van der Waals surface area contributed by atoms with E-state index in [-0.39, 0.29) is 24.6 Å². The zero-order chi connectivity index (χ0) is 15.2. The fraction of sp³-hybridized carbons (Fsp3) is 0.462. The Morgan fingerprint density at radius 1 is 1.35 bits per heavy atom. The fourth-order valence-corrected chi connectivity index (χ4v) is 1.76. The number of nitrogens with two attached hydrogens (primary N) is 1. The van der Waals surface area contributed by atoms with Gasteiger partial charge in [0, 0.05) is 13.0 Å². The highest BCUT2D eigenvalue weighted by atomic mass is 32.1. The average Bonchev–Trinajstić information content (AvgIpc) is 2.36. The molecule has 0 aliphatic carbocycles. The van der Waals surface area contributed by atoms with Gasteiger partial charge in [-0.3, -0.25) is 0 Å². The number of thiocarbonyl (C=S) groups is 1. The first kappa shape index (κ1) is 16.7. The lowest BCUT2D eigenvalue weighted by atomic mass is 10.1. The third-order valence-corrected chi connectivity index (χ3v) is 2.77. The van der Waals surface area contributed by atoms with Crippen LogP contribution < -0.4 is 10.5 Å². The molecule has 0 heterocycles. The molecule has 0 saturated heterocycles. The van der Waals surface area contributed by atoms with Gasteiger partial charge in [0.1, 0.15) is 10.7 Å². The zero-order valence-corrected chi connectivity index (χ0v) is 11.8. The second-order valence-electron chi connectivity index (χ2n) is 4.17. The Morgan fingerprint density at radius 2 is 2.05 bits per heavy atom. The molecule has 0 aliphatic rings. The summed E-state index contributed by atoms with van der Waals surface area (Å²) in [5.41, 5.74) is 6.93. The van der Waals surface area contributed by atoms with Crippen molar-refractivity contribution in [3.8, 4) is 5.75 Å². The Labute approximate surface area is 120 Å². The van der Waals surface area contributed by atoms with Crippen LogP contribution in [0.3, 0.4) is 0 Å². The van der Waals surface area contributed by atoms with Gasteiger partial charge < -0.3 is 15.2 Å². The van der Waals surface area contributed by atoms with E-state index in [2.05, 4.69) is 0 Å². The van der Waals surface area contributed by atoms with Gasteiger partial charge in [-0.15, -0.1) is 0 Å². The molecule has 3 nitrogen and oxygen atoms in total. The highest BCUT2D eigenvalue weighted by Gasteiger charge is 2.25. The van der Waals surface area contributed by atoms with Gasteiger partial charge >= 0.3 is 6.18 Å². The van der Waals surface area contributed by atoms with Crippen molar-refractivity contribution >= 4 is 17.2 Å². The minimum atomic E-state index is -4.13. The summed E-state index contributed by atoms with van der Waals surface area (Å²) in [7, 11) is 1.49. The number of ether oxygens (including phenoxy) is 2. The van der Waals surface area contributed by atoms with Crippen molar-refractivity contribution in [1.82, 2.24) is 0 Å². The highest BCUT2D eigenvalue weighted by Crippen LogP contribution is 2.22. The molecule has 0 saturated carbocycles. The first-order valence-electron chi connectivity index (χ1n) is 5.94. The smallest absolute Gasteiger partial charge is 0.389 e.